The lowest BCUT2D eigenvalue weighted by atomic mass is 9.95. The van der Waals surface area contributed by atoms with Gasteiger partial charge in [0.05, 0.1) is 16.3 Å². The summed E-state index contributed by atoms with van der Waals surface area (Å²) in [6, 6.07) is 4.54. The second kappa shape index (κ2) is 11.4. The van der Waals surface area contributed by atoms with Gasteiger partial charge >= 0.3 is 0 Å². The van der Waals surface area contributed by atoms with Gasteiger partial charge in [-0.1, -0.05) is 24.1 Å². The van der Waals surface area contributed by atoms with Gasteiger partial charge in [0.25, 0.3) is 0 Å². The van der Waals surface area contributed by atoms with Gasteiger partial charge in [0, 0.05) is 19.0 Å². The molecule has 0 saturated carbocycles. The van der Waals surface area contributed by atoms with E-state index in [9.17, 15) is 9.18 Å². The van der Waals surface area contributed by atoms with Gasteiger partial charge < -0.3 is 14.6 Å². The van der Waals surface area contributed by atoms with E-state index >= 15 is 0 Å². The summed E-state index contributed by atoms with van der Waals surface area (Å²) < 4.78 is 20.0. The van der Waals surface area contributed by atoms with Crippen LogP contribution in [0.4, 0.5) is 4.39 Å². The SMILES string of the molecule is Cc1oc(-c2c(F)cccc2Cl)nc1CN1CCC(C(=O)NCCCN2CCCCC2)CC1. The van der Waals surface area contributed by atoms with Crippen molar-refractivity contribution in [1.29, 1.82) is 0 Å². The van der Waals surface area contributed by atoms with Crippen LogP contribution >= 0.6 is 11.6 Å². The molecule has 0 atom stereocenters. The number of carbonyl (C=O) groups is 1. The molecule has 0 unspecified atom stereocenters. The van der Waals surface area contributed by atoms with Crippen molar-refractivity contribution in [2.45, 2.75) is 52.0 Å². The molecule has 0 radical (unpaired) electrons. The molecule has 4 rings (SSSR count). The summed E-state index contributed by atoms with van der Waals surface area (Å²) in [6.07, 6.45) is 6.64. The molecule has 2 saturated heterocycles. The zero-order chi connectivity index (χ0) is 23.2. The lowest BCUT2D eigenvalue weighted by Crippen LogP contribution is -2.41. The Hall–Kier alpha value is -1.96. The topological polar surface area (TPSA) is 61.6 Å². The van der Waals surface area contributed by atoms with Crippen LogP contribution in [0, 0.1) is 18.7 Å². The van der Waals surface area contributed by atoms with Crippen molar-refractivity contribution in [3.05, 3.63) is 40.5 Å². The number of nitrogens with one attached hydrogen (secondary N) is 1. The minimum Gasteiger partial charge on any atom is -0.441 e. The van der Waals surface area contributed by atoms with E-state index in [2.05, 4.69) is 20.1 Å². The fraction of sp³-hybridized carbons (Fsp3) is 0.600. The van der Waals surface area contributed by atoms with E-state index in [1.54, 1.807) is 12.1 Å². The maximum atomic E-state index is 14.2. The number of carbonyl (C=O) groups excluding carboxylic acids is 1. The van der Waals surface area contributed by atoms with E-state index in [0.29, 0.717) is 12.3 Å². The van der Waals surface area contributed by atoms with Crippen molar-refractivity contribution in [3.63, 3.8) is 0 Å². The van der Waals surface area contributed by atoms with Gasteiger partial charge in [0.1, 0.15) is 11.6 Å². The van der Waals surface area contributed by atoms with Gasteiger partial charge in [-0.3, -0.25) is 9.69 Å². The molecular formula is C25H34ClFN4O2. The van der Waals surface area contributed by atoms with Crippen LogP contribution < -0.4 is 5.32 Å². The van der Waals surface area contributed by atoms with Crippen molar-refractivity contribution in [3.8, 4) is 11.5 Å². The highest BCUT2D eigenvalue weighted by Crippen LogP contribution is 2.31. The Labute approximate surface area is 200 Å². The number of rotatable bonds is 8. The zero-order valence-electron chi connectivity index (χ0n) is 19.4. The molecule has 8 heteroatoms. The van der Waals surface area contributed by atoms with Gasteiger partial charge in [0.2, 0.25) is 11.8 Å². The van der Waals surface area contributed by atoms with E-state index in [4.69, 9.17) is 16.0 Å². The highest BCUT2D eigenvalue weighted by atomic mass is 35.5. The third kappa shape index (κ3) is 6.34. The summed E-state index contributed by atoms with van der Waals surface area (Å²) in [5, 5.41) is 3.42. The normalized spacial score (nSPS) is 18.5. The number of likely N-dealkylation sites (tertiary alicyclic amines) is 2. The van der Waals surface area contributed by atoms with E-state index in [-0.39, 0.29) is 28.3 Å². The molecule has 2 aliphatic heterocycles. The maximum Gasteiger partial charge on any atom is 0.231 e. The maximum absolute atomic E-state index is 14.2. The van der Waals surface area contributed by atoms with Crippen molar-refractivity contribution in [2.24, 2.45) is 5.92 Å². The van der Waals surface area contributed by atoms with Gasteiger partial charge in [-0.15, -0.1) is 0 Å². The molecule has 180 valence electrons. The number of nitrogens with zero attached hydrogens (tertiary/aromatic N) is 3. The van der Waals surface area contributed by atoms with Gasteiger partial charge in [0.15, 0.2) is 0 Å². The number of hydrogen-bond acceptors (Lipinski definition) is 5. The molecule has 1 amide bonds. The van der Waals surface area contributed by atoms with Gasteiger partial charge in [-0.25, -0.2) is 9.37 Å². The molecule has 1 aromatic heterocycles. The summed E-state index contributed by atoms with van der Waals surface area (Å²) in [4.78, 5) is 21.9. The number of aryl methyl sites for hydroxylation is 1. The Bertz CT molecular complexity index is 916. The van der Waals surface area contributed by atoms with Crippen LogP contribution in [0.15, 0.2) is 22.6 Å². The molecule has 2 aliphatic rings. The Balaban J connectivity index is 1.22. The summed E-state index contributed by atoms with van der Waals surface area (Å²) in [5.74, 6) is 0.685. The lowest BCUT2D eigenvalue weighted by molar-refractivity contribution is -0.126. The van der Waals surface area contributed by atoms with Gasteiger partial charge in [-0.2, -0.15) is 0 Å². The fourth-order valence-electron chi connectivity index (χ4n) is 4.79. The smallest absolute Gasteiger partial charge is 0.231 e. The minimum absolute atomic E-state index is 0.0717. The molecule has 0 bridgehead atoms. The third-order valence-electron chi connectivity index (χ3n) is 6.80. The second-order valence-corrected chi connectivity index (χ2v) is 9.62. The minimum atomic E-state index is -0.446. The predicted octanol–water partition coefficient (Wildman–Crippen LogP) is 4.65. The van der Waals surface area contributed by atoms with E-state index in [0.717, 1.165) is 51.1 Å². The zero-order valence-corrected chi connectivity index (χ0v) is 20.2. The Morgan fingerprint density at radius 1 is 1.18 bits per heavy atom. The molecule has 3 heterocycles. The van der Waals surface area contributed by atoms with Crippen LogP contribution in [-0.4, -0.2) is 60.0 Å². The first-order valence-electron chi connectivity index (χ1n) is 12.1. The highest BCUT2D eigenvalue weighted by molar-refractivity contribution is 6.33. The van der Waals surface area contributed by atoms with Crippen molar-refractivity contribution >= 4 is 17.5 Å². The van der Waals surface area contributed by atoms with Crippen molar-refractivity contribution in [1.82, 2.24) is 20.1 Å². The van der Waals surface area contributed by atoms with Crippen LogP contribution in [0.25, 0.3) is 11.5 Å². The van der Waals surface area contributed by atoms with E-state index < -0.39 is 5.82 Å². The largest absolute Gasteiger partial charge is 0.441 e. The number of piperidine rings is 2. The second-order valence-electron chi connectivity index (χ2n) is 9.22. The molecule has 0 aliphatic carbocycles. The number of benzene rings is 1. The van der Waals surface area contributed by atoms with Crippen LogP contribution in [0.1, 0.15) is 50.0 Å². The number of oxazole rings is 1. The summed E-state index contributed by atoms with van der Waals surface area (Å²) in [6.45, 7) is 8.35. The molecule has 1 aromatic carbocycles. The number of halogens is 2. The number of hydrogen-bond donors (Lipinski definition) is 1. The predicted molar refractivity (Wildman–Crippen MR) is 128 cm³/mol. The summed E-state index contributed by atoms with van der Waals surface area (Å²) in [5.41, 5.74) is 0.981. The van der Waals surface area contributed by atoms with Crippen LogP contribution in [0.5, 0.6) is 0 Å². The fourth-order valence-corrected chi connectivity index (χ4v) is 5.03. The quantitative estimate of drug-likeness (QED) is 0.562. The Kier molecular flexibility index (Phi) is 8.39. The standard InChI is InChI=1S/C25H34ClFN4O2/c1-18-22(29-25(33-18)23-20(26)7-5-8-21(23)27)17-31-15-9-19(10-16-31)24(32)28-11-6-14-30-12-3-2-4-13-30/h5,7-8,19H,2-4,6,9-17H2,1H3,(H,28,32). The van der Waals surface area contributed by atoms with Crippen LogP contribution in [0.2, 0.25) is 5.02 Å². The van der Waals surface area contributed by atoms with Crippen LogP contribution in [0.3, 0.4) is 0 Å². The summed E-state index contributed by atoms with van der Waals surface area (Å²) in [7, 11) is 0. The van der Waals surface area contributed by atoms with E-state index in [1.807, 2.05) is 6.92 Å². The molecule has 6 nitrogen and oxygen atoms in total. The number of amides is 1. The molecule has 33 heavy (non-hydrogen) atoms. The van der Waals surface area contributed by atoms with Crippen LogP contribution in [-0.2, 0) is 11.3 Å². The first-order valence-corrected chi connectivity index (χ1v) is 12.5. The lowest BCUT2D eigenvalue weighted by Gasteiger charge is -2.31. The van der Waals surface area contributed by atoms with Crippen molar-refractivity contribution < 1.29 is 13.6 Å². The summed E-state index contributed by atoms with van der Waals surface area (Å²) >= 11 is 6.16. The molecule has 2 aromatic rings. The third-order valence-corrected chi connectivity index (χ3v) is 7.12. The highest BCUT2D eigenvalue weighted by Gasteiger charge is 2.26. The van der Waals surface area contributed by atoms with Crippen molar-refractivity contribution in [2.75, 3.05) is 39.3 Å². The molecule has 2 fully saturated rings. The average molecular weight is 477 g/mol. The Morgan fingerprint density at radius 3 is 2.67 bits per heavy atom. The first kappa shape index (κ1) is 24.2. The first-order chi connectivity index (χ1) is 16.0. The number of aromatic nitrogens is 1. The Morgan fingerprint density at radius 2 is 1.94 bits per heavy atom. The van der Waals surface area contributed by atoms with E-state index in [1.165, 1.54) is 38.4 Å². The molecule has 0 spiro atoms. The average Bonchev–Trinajstić information content (AvgIpc) is 3.17. The van der Waals surface area contributed by atoms with Gasteiger partial charge in [-0.05, 0) is 83.9 Å². The molecular weight excluding hydrogens is 443 g/mol. The molecule has 1 N–H and O–H groups in total. The monoisotopic (exact) mass is 476 g/mol.